The Morgan fingerprint density at radius 3 is 2.86 bits per heavy atom. The highest BCUT2D eigenvalue weighted by molar-refractivity contribution is 6.29. The highest BCUT2D eigenvalue weighted by atomic mass is 35.5. The molecule has 2 aromatic rings. The fourth-order valence-electron chi connectivity index (χ4n) is 2.94. The highest BCUT2D eigenvalue weighted by Gasteiger charge is 2.40. The lowest BCUT2D eigenvalue weighted by Gasteiger charge is -2.33. The van der Waals surface area contributed by atoms with Gasteiger partial charge >= 0.3 is 0 Å². The number of nitrogens with one attached hydrogen (secondary N) is 1. The van der Waals surface area contributed by atoms with Crippen molar-refractivity contribution >= 4 is 23.1 Å². The van der Waals surface area contributed by atoms with Gasteiger partial charge in [0.25, 0.3) is 0 Å². The number of fused-ring (bicyclic) bond motifs is 1. The van der Waals surface area contributed by atoms with Crippen molar-refractivity contribution in [1.29, 1.82) is 0 Å². The monoisotopic (exact) mass is 300 g/mol. The number of anilines is 1. The SMILES string of the molecule is CNc1cccc(C2(C)CCc3nc(Cl)ccc3C2=O)c1. The predicted octanol–water partition coefficient (Wildman–Crippen LogP) is 3.86. The molecule has 0 aliphatic heterocycles. The Kier molecular flexibility index (Phi) is 3.46. The standard InChI is InChI=1S/C17H17ClN2O/c1-17(11-4-3-5-12(10-11)19-2)9-8-14-13(16(17)21)6-7-15(18)20-14/h3-7,10,19H,8-9H2,1-2H3. The van der Waals surface area contributed by atoms with E-state index in [2.05, 4.69) is 10.3 Å². The number of benzene rings is 1. The van der Waals surface area contributed by atoms with Crippen LogP contribution in [0.2, 0.25) is 5.15 Å². The van der Waals surface area contributed by atoms with E-state index in [0.29, 0.717) is 10.7 Å². The topological polar surface area (TPSA) is 42.0 Å². The molecule has 1 heterocycles. The van der Waals surface area contributed by atoms with Gasteiger partial charge in [-0.3, -0.25) is 4.79 Å². The Morgan fingerprint density at radius 1 is 1.29 bits per heavy atom. The van der Waals surface area contributed by atoms with Crippen LogP contribution < -0.4 is 5.32 Å². The molecule has 0 fully saturated rings. The van der Waals surface area contributed by atoms with Gasteiger partial charge in [0.2, 0.25) is 0 Å². The van der Waals surface area contributed by atoms with E-state index < -0.39 is 5.41 Å². The molecule has 1 aliphatic rings. The Hall–Kier alpha value is -1.87. The molecular weight excluding hydrogens is 284 g/mol. The fraction of sp³-hybridized carbons (Fsp3) is 0.294. The number of ketones is 1. The van der Waals surface area contributed by atoms with E-state index in [1.807, 2.05) is 38.2 Å². The summed E-state index contributed by atoms with van der Waals surface area (Å²) in [6.07, 6.45) is 1.52. The number of aromatic nitrogens is 1. The van der Waals surface area contributed by atoms with E-state index >= 15 is 0 Å². The van der Waals surface area contributed by atoms with E-state index in [-0.39, 0.29) is 5.78 Å². The molecule has 1 aromatic heterocycles. The normalized spacial score (nSPS) is 21.0. The summed E-state index contributed by atoms with van der Waals surface area (Å²) in [5.41, 5.74) is 3.06. The van der Waals surface area contributed by atoms with E-state index in [4.69, 9.17) is 11.6 Å². The molecule has 0 saturated carbocycles. The first-order chi connectivity index (χ1) is 10.0. The van der Waals surface area contributed by atoms with Gasteiger partial charge < -0.3 is 5.32 Å². The molecule has 3 nitrogen and oxygen atoms in total. The quantitative estimate of drug-likeness (QED) is 0.856. The number of halogens is 1. The van der Waals surface area contributed by atoms with Gasteiger partial charge in [0.1, 0.15) is 5.15 Å². The van der Waals surface area contributed by atoms with Crippen LogP contribution in [0.5, 0.6) is 0 Å². The molecule has 1 unspecified atom stereocenters. The predicted molar refractivity (Wildman–Crippen MR) is 85.2 cm³/mol. The molecule has 1 aliphatic carbocycles. The second-order valence-corrected chi connectivity index (χ2v) is 6.01. The van der Waals surface area contributed by atoms with Crippen LogP contribution in [0.15, 0.2) is 36.4 Å². The first kappa shape index (κ1) is 14.1. The number of carbonyl (C=O) groups is 1. The summed E-state index contributed by atoms with van der Waals surface area (Å²) in [4.78, 5) is 17.2. The van der Waals surface area contributed by atoms with Crippen LogP contribution >= 0.6 is 11.6 Å². The molecule has 21 heavy (non-hydrogen) atoms. The van der Waals surface area contributed by atoms with Crippen LogP contribution in [0.4, 0.5) is 5.69 Å². The van der Waals surface area contributed by atoms with Crippen molar-refractivity contribution in [3.8, 4) is 0 Å². The molecule has 0 saturated heterocycles. The molecule has 0 spiro atoms. The number of hydrogen-bond donors (Lipinski definition) is 1. The summed E-state index contributed by atoms with van der Waals surface area (Å²) < 4.78 is 0. The number of hydrogen-bond acceptors (Lipinski definition) is 3. The van der Waals surface area contributed by atoms with Gasteiger partial charge in [-0.25, -0.2) is 4.98 Å². The van der Waals surface area contributed by atoms with Crippen molar-refractivity contribution in [3.63, 3.8) is 0 Å². The van der Waals surface area contributed by atoms with Crippen molar-refractivity contribution < 1.29 is 4.79 Å². The van der Waals surface area contributed by atoms with E-state index in [9.17, 15) is 4.79 Å². The zero-order valence-electron chi connectivity index (χ0n) is 12.1. The van der Waals surface area contributed by atoms with Crippen LogP contribution in [0.25, 0.3) is 0 Å². The van der Waals surface area contributed by atoms with Crippen LogP contribution in [0.1, 0.15) is 35.0 Å². The van der Waals surface area contributed by atoms with Gasteiger partial charge in [-0.2, -0.15) is 0 Å². The zero-order chi connectivity index (χ0) is 15.0. The minimum Gasteiger partial charge on any atom is -0.388 e. The third-order valence-electron chi connectivity index (χ3n) is 4.34. The largest absolute Gasteiger partial charge is 0.388 e. The lowest BCUT2D eigenvalue weighted by molar-refractivity contribution is 0.0874. The first-order valence-corrected chi connectivity index (χ1v) is 7.41. The molecule has 0 radical (unpaired) electrons. The average molecular weight is 301 g/mol. The van der Waals surface area contributed by atoms with E-state index in [0.717, 1.165) is 29.8 Å². The summed E-state index contributed by atoms with van der Waals surface area (Å²) in [6.45, 7) is 2.02. The molecule has 1 atom stereocenters. The number of pyridine rings is 1. The highest BCUT2D eigenvalue weighted by Crippen LogP contribution is 2.38. The van der Waals surface area contributed by atoms with E-state index in [1.54, 1.807) is 12.1 Å². The van der Waals surface area contributed by atoms with Crippen molar-refractivity contribution in [3.05, 3.63) is 58.4 Å². The van der Waals surface area contributed by atoms with Gasteiger partial charge in [-0.15, -0.1) is 0 Å². The maximum absolute atomic E-state index is 12.9. The molecule has 4 heteroatoms. The maximum atomic E-state index is 12.9. The lowest BCUT2D eigenvalue weighted by atomic mass is 9.69. The van der Waals surface area contributed by atoms with Crippen LogP contribution in [-0.2, 0) is 11.8 Å². The molecule has 0 bridgehead atoms. The van der Waals surface area contributed by atoms with Crippen LogP contribution in [-0.4, -0.2) is 17.8 Å². The maximum Gasteiger partial charge on any atom is 0.174 e. The summed E-state index contributed by atoms with van der Waals surface area (Å²) >= 11 is 5.92. The first-order valence-electron chi connectivity index (χ1n) is 7.03. The van der Waals surface area contributed by atoms with Crippen molar-refractivity contribution in [2.45, 2.75) is 25.2 Å². The fourth-order valence-corrected chi connectivity index (χ4v) is 3.11. The Balaban J connectivity index is 2.06. The third-order valence-corrected chi connectivity index (χ3v) is 4.55. The van der Waals surface area contributed by atoms with Crippen LogP contribution in [0.3, 0.4) is 0 Å². The number of carbonyl (C=O) groups excluding carboxylic acids is 1. The molecule has 3 rings (SSSR count). The minimum atomic E-state index is -0.505. The van der Waals surface area contributed by atoms with Gasteiger partial charge in [-0.1, -0.05) is 23.7 Å². The Labute approximate surface area is 129 Å². The molecule has 1 aromatic carbocycles. The van der Waals surface area contributed by atoms with Gasteiger partial charge in [0.15, 0.2) is 5.78 Å². The molecule has 108 valence electrons. The molecule has 1 N–H and O–H groups in total. The Morgan fingerprint density at radius 2 is 2.10 bits per heavy atom. The lowest BCUT2D eigenvalue weighted by Crippen LogP contribution is -2.37. The zero-order valence-corrected chi connectivity index (χ0v) is 12.9. The number of aryl methyl sites for hydroxylation is 1. The van der Waals surface area contributed by atoms with E-state index in [1.165, 1.54) is 0 Å². The van der Waals surface area contributed by atoms with Crippen molar-refractivity contribution in [2.75, 3.05) is 12.4 Å². The average Bonchev–Trinajstić information content (AvgIpc) is 2.51. The number of nitrogens with zero attached hydrogens (tertiary/aromatic N) is 1. The summed E-state index contributed by atoms with van der Waals surface area (Å²) in [5, 5.41) is 3.57. The second-order valence-electron chi connectivity index (χ2n) is 5.62. The summed E-state index contributed by atoms with van der Waals surface area (Å²) in [6, 6.07) is 11.5. The second kappa shape index (κ2) is 5.15. The number of rotatable bonds is 2. The molecular formula is C17H17ClN2O. The van der Waals surface area contributed by atoms with Crippen molar-refractivity contribution in [2.24, 2.45) is 0 Å². The van der Waals surface area contributed by atoms with Gasteiger partial charge in [-0.05, 0) is 49.6 Å². The summed E-state index contributed by atoms with van der Waals surface area (Å²) in [5.74, 6) is 0.126. The summed E-state index contributed by atoms with van der Waals surface area (Å²) in [7, 11) is 1.88. The number of Topliss-reactive ketones (excluding diaryl/α,β-unsaturated/α-hetero) is 1. The Bertz CT molecular complexity index is 714. The van der Waals surface area contributed by atoms with Gasteiger partial charge in [0, 0.05) is 18.3 Å². The molecule has 0 amide bonds. The minimum absolute atomic E-state index is 0.126. The smallest absolute Gasteiger partial charge is 0.174 e. The van der Waals surface area contributed by atoms with Crippen molar-refractivity contribution in [1.82, 2.24) is 4.98 Å². The van der Waals surface area contributed by atoms with Gasteiger partial charge in [0.05, 0.1) is 11.1 Å². The third kappa shape index (κ3) is 2.32. The van der Waals surface area contributed by atoms with Crippen LogP contribution in [0, 0.1) is 0 Å².